The van der Waals surface area contributed by atoms with E-state index in [1.807, 2.05) is 19.1 Å². The first-order chi connectivity index (χ1) is 9.28. The fourth-order valence-corrected chi connectivity index (χ4v) is 2.51. The summed E-state index contributed by atoms with van der Waals surface area (Å²) in [6.07, 6.45) is 8.87. The van der Waals surface area contributed by atoms with Gasteiger partial charge in [-0.1, -0.05) is 11.6 Å². The zero-order valence-electron chi connectivity index (χ0n) is 12.0. The van der Waals surface area contributed by atoms with E-state index in [1.54, 1.807) is 12.7 Å². The van der Waals surface area contributed by atoms with Crippen molar-refractivity contribution >= 4 is 0 Å². The van der Waals surface area contributed by atoms with Crippen molar-refractivity contribution in [3.8, 4) is 5.75 Å². The SMILES string of the molecule is COc1cc(C)nc(CNCCC2=CCCCC2)c1. The average molecular weight is 260 g/mol. The molecule has 0 bridgehead atoms. The summed E-state index contributed by atoms with van der Waals surface area (Å²) in [5.74, 6) is 0.888. The van der Waals surface area contributed by atoms with Crippen LogP contribution in [0.15, 0.2) is 23.8 Å². The van der Waals surface area contributed by atoms with Crippen molar-refractivity contribution in [3.63, 3.8) is 0 Å². The van der Waals surface area contributed by atoms with E-state index in [0.29, 0.717) is 0 Å². The lowest BCUT2D eigenvalue weighted by Gasteiger charge is -2.13. The summed E-state index contributed by atoms with van der Waals surface area (Å²) < 4.78 is 5.26. The van der Waals surface area contributed by atoms with Crippen molar-refractivity contribution in [2.24, 2.45) is 0 Å². The number of nitrogens with one attached hydrogen (secondary N) is 1. The van der Waals surface area contributed by atoms with E-state index in [1.165, 1.54) is 32.1 Å². The van der Waals surface area contributed by atoms with Gasteiger partial charge in [0.05, 0.1) is 12.8 Å². The maximum atomic E-state index is 5.26. The summed E-state index contributed by atoms with van der Waals surface area (Å²) in [7, 11) is 1.70. The van der Waals surface area contributed by atoms with E-state index in [9.17, 15) is 0 Å². The number of rotatable bonds is 6. The number of pyridine rings is 1. The topological polar surface area (TPSA) is 34.1 Å². The third kappa shape index (κ3) is 4.67. The first-order valence-corrected chi connectivity index (χ1v) is 7.18. The Bertz CT molecular complexity index is 440. The molecular weight excluding hydrogens is 236 g/mol. The molecule has 0 amide bonds. The molecule has 3 heteroatoms. The Morgan fingerprint density at radius 2 is 2.21 bits per heavy atom. The summed E-state index contributed by atoms with van der Waals surface area (Å²) >= 11 is 0. The molecule has 0 atom stereocenters. The van der Waals surface area contributed by atoms with Gasteiger partial charge < -0.3 is 10.1 Å². The van der Waals surface area contributed by atoms with E-state index in [-0.39, 0.29) is 0 Å². The minimum absolute atomic E-state index is 0.811. The fraction of sp³-hybridized carbons (Fsp3) is 0.562. The highest BCUT2D eigenvalue weighted by Gasteiger charge is 2.04. The van der Waals surface area contributed by atoms with Crippen LogP contribution >= 0.6 is 0 Å². The molecule has 1 N–H and O–H groups in total. The second kappa shape index (κ2) is 7.29. The van der Waals surface area contributed by atoms with Crippen molar-refractivity contribution in [2.75, 3.05) is 13.7 Å². The third-order valence-electron chi connectivity index (χ3n) is 3.53. The molecule has 0 fully saturated rings. The summed E-state index contributed by atoms with van der Waals surface area (Å²) in [4.78, 5) is 4.51. The minimum atomic E-state index is 0.811. The number of aromatic nitrogens is 1. The van der Waals surface area contributed by atoms with Crippen LogP contribution in [0.5, 0.6) is 5.75 Å². The number of allylic oxidation sites excluding steroid dienone is 1. The van der Waals surface area contributed by atoms with Crippen LogP contribution in [0.3, 0.4) is 0 Å². The Balaban J connectivity index is 1.76. The summed E-state index contributed by atoms with van der Waals surface area (Å²) in [6.45, 7) is 3.84. The van der Waals surface area contributed by atoms with Crippen molar-refractivity contribution < 1.29 is 4.74 Å². The van der Waals surface area contributed by atoms with E-state index in [2.05, 4.69) is 16.4 Å². The van der Waals surface area contributed by atoms with Gasteiger partial charge in [0, 0.05) is 24.4 Å². The normalized spacial score (nSPS) is 15.2. The molecule has 0 aliphatic heterocycles. The molecule has 1 aromatic rings. The monoisotopic (exact) mass is 260 g/mol. The highest BCUT2D eigenvalue weighted by Crippen LogP contribution is 2.19. The smallest absolute Gasteiger partial charge is 0.122 e. The van der Waals surface area contributed by atoms with Crippen LogP contribution in [0.25, 0.3) is 0 Å². The Labute approximate surface area is 116 Å². The van der Waals surface area contributed by atoms with Gasteiger partial charge >= 0.3 is 0 Å². The second-order valence-electron chi connectivity index (χ2n) is 5.17. The fourth-order valence-electron chi connectivity index (χ4n) is 2.51. The molecule has 0 saturated heterocycles. The Morgan fingerprint density at radius 1 is 1.32 bits per heavy atom. The molecule has 0 aromatic carbocycles. The summed E-state index contributed by atoms with van der Waals surface area (Å²) in [5.41, 5.74) is 3.68. The number of aryl methyl sites for hydroxylation is 1. The molecule has 19 heavy (non-hydrogen) atoms. The van der Waals surface area contributed by atoms with Gasteiger partial charge in [-0.3, -0.25) is 4.98 Å². The molecular formula is C16H24N2O. The third-order valence-corrected chi connectivity index (χ3v) is 3.53. The van der Waals surface area contributed by atoms with Gasteiger partial charge in [0.1, 0.15) is 5.75 Å². The van der Waals surface area contributed by atoms with Crippen LogP contribution in [-0.2, 0) is 6.54 Å². The van der Waals surface area contributed by atoms with Crippen LogP contribution in [0.1, 0.15) is 43.5 Å². The number of hydrogen-bond acceptors (Lipinski definition) is 3. The number of methoxy groups -OCH3 is 1. The lowest BCUT2D eigenvalue weighted by Crippen LogP contribution is -2.16. The van der Waals surface area contributed by atoms with Gasteiger partial charge in [-0.15, -0.1) is 0 Å². The van der Waals surface area contributed by atoms with Crippen molar-refractivity contribution in [2.45, 2.75) is 45.6 Å². The number of ether oxygens (including phenoxy) is 1. The van der Waals surface area contributed by atoms with E-state index in [0.717, 1.165) is 30.2 Å². The molecule has 3 nitrogen and oxygen atoms in total. The Kier molecular flexibility index (Phi) is 5.40. The zero-order valence-corrected chi connectivity index (χ0v) is 12.0. The Morgan fingerprint density at radius 3 is 2.95 bits per heavy atom. The highest BCUT2D eigenvalue weighted by molar-refractivity contribution is 5.26. The van der Waals surface area contributed by atoms with Gasteiger partial charge in [-0.25, -0.2) is 0 Å². The summed E-state index contributed by atoms with van der Waals surface area (Å²) in [6, 6.07) is 3.95. The van der Waals surface area contributed by atoms with Gasteiger partial charge in [0.15, 0.2) is 0 Å². The quantitative estimate of drug-likeness (QED) is 0.629. The molecule has 104 valence electrons. The van der Waals surface area contributed by atoms with Crippen LogP contribution in [0.4, 0.5) is 0 Å². The van der Waals surface area contributed by atoms with Crippen molar-refractivity contribution in [3.05, 3.63) is 35.2 Å². The molecule has 1 aliphatic carbocycles. The zero-order chi connectivity index (χ0) is 13.5. The lowest BCUT2D eigenvalue weighted by molar-refractivity contribution is 0.412. The van der Waals surface area contributed by atoms with Gasteiger partial charge in [0.2, 0.25) is 0 Å². The molecule has 1 aromatic heterocycles. The molecule has 2 rings (SSSR count). The first kappa shape index (κ1) is 14.1. The Hall–Kier alpha value is -1.35. The van der Waals surface area contributed by atoms with Crippen LogP contribution in [0, 0.1) is 6.92 Å². The average Bonchev–Trinajstić information content (AvgIpc) is 2.44. The second-order valence-corrected chi connectivity index (χ2v) is 5.17. The van der Waals surface area contributed by atoms with E-state index in [4.69, 9.17) is 4.74 Å². The molecule has 1 aliphatic rings. The maximum Gasteiger partial charge on any atom is 0.122 e. The maximum absolute atomic E-state index is 5.26. The lowest BCUT2D eigenvalue weighted by atomic mass is 9.97. The van der Waals surface area contributed by atoms with Crippen LogP contribution in [0.2, 0.25) is 0 Å². The predicted molar refractivity (Wildman–Crippen MR) is 78.4 cm³/mol. The largest absolute Gasteiger partial charge is 0.497 e. The minimum Gasteiger partial charge on any atom is -0.497 e. The van der Waals surface area contributed by atoms with E-state index >= 15 is 0 Å². The van der Waals surface area contributed by atoms with Gasteiger partial charge in [0.25, 0.3) is 0 Å². The first-order valence-electron chi connectivity index (χ1n) is 7.18. The molecule has 1 heterocycles. The standard InChI is InChI=1S/C16H24N2O/c1-13-10-16(19-2)11-15(18-13)12-17-9-8-14-6-4-3-5-7-14/h6,10-11,17H,3-5,7-9,12H2,1-2H3. The molecule has 0 saturated carbocycles. The number of hydrogen-bond donors (Lipinski definition) is 1. The molecule has 0 unspecified atom stereocenters. The predicted octanol–water partition coefficient (Wildman–Crippen LogP) is 3.38. The van der Waals surface area contributed by atoms with E-state index < -0.39 is 0 Å². The van der Waals surface area contributed by atoms with Gasteiger partial charge in [-0.05, 0) is 45.6 Å². The molecule has 0 spiro atoms. The van der Waals surface area contributed by atoms with Crippen LogP contribution in [-0.4, -0.2) is 18.6 Å². The van der Waals surface area contributed by atoms with Crippen LogP contribution < -0.4 is 10.1 Å². The highest BCUT2D eigenvalue weighted by atomic mass is 16.5. The van der Waals surface area contributed by atoms with Crippen molar-refractivity contribution in [1.82, 2.24) is 10.3 Å². The van der Waals surface area contributed by atoms with Crippen molar-refractivity contribution in [1.29, 1.82) is 0 Å². The van der Waals surface area contributed by atoms with Gasteiger partial charge in [-0.2, -0.15) is 0 Å². The summed E-state index contributed by atoms with van der Waals surface area (Å²) in [5, 5.41) is 3.47. The number of nitrogens with zero attached hydrogens (tertiary/aromatic N) is 1. The molecule has 0 radical (unpaired) electrons.